The van der Waals surface area contributed by atoms with Gasteiger partial charge in [0, 0.05) is 5.02 Å². The van der Waals surface area contributed by atoms with Crippen molar-refractivity contribution >= 4 is 11.6 Å². The minimum atomic E-state index is 0.699. The van der Waals surface area contributed by atoms with E-state index in [0.717, 1.165) is 30.5 Å². The SMILES string of the molecule is CCC(C)C(CNCC(C)C)Cc1ccc(Cl)cc1. The summed E-state index contributed by atoms with van der Waals surface area (Å²) in [6.45, 7) is 11.4. The molecule has 0 aliphatic carbocycles. The molecule has 1 aromatic rings. The Morgan fingerprint density at radius 1 is 1.05 bits per heavy atom. The van der Waals surface area contributed by atoms with Gasteiger partial charge in [0.1, 0.15) is 0 Å². The van der Waals surface area contributed by atoms with E-state index in [1.807, 2.05) is 12.1 Å². The number of nitrogens with one attached hydrogen (secondary N) is 1. The van der Waals surface area contributed by atoms with Crippen LogP contribution in [0.1, 0.15) is 39.7 Å². The van der Waals surface area contributed by atoms with Gasteiger partial charge < -0.3 is 5.32 Å². The average Bonchev–Trinajstić information content (AvgIpc) is 2.38. The zero-order valence-corrected chi connectivity index (χ0v) is 13.5. The van der Waals surface area contributed by atoms with Gasteiger partial charge in [0.25, 0.3) is 0 Å². The third kappa shape index (κ3) is 6.44. The van der Waals surface area contributed by atoms with Crippen molar-refractivity contribution in [3.63, 3.8) is 0 Å². The molecule has 0 aromatic heterocycles. The van der Waals surface area contributed by atoms with Crippen molar-refractivity contribution in [2.24, 2.45) is 17.8 Å². The van der Waals surface area contributed by atoms with Gasteiger partial charge in [0.15, 0.2) is 0 Å². The summed E-state index contributed by atoms with van der Waals surface area (Å²) in [4.78, 5) is 0. The summed E-state index contributed by atoms with van der Waals surface area (Å²) in [7, 11) is 0. The molecular formula is C17H28ClN. The first-order valence-electron chi connectivity index (χ1n) is 7.48. The molecule has 0 spiro atoms. The minimum absolute atomic E-state index is 0.699. The molecule has 1 aromatic carbocycles. The molecule has 1 N–H and O–H groups in total. The topological polar surface area (TPSA) is 12.0 Å². The Balaban J connectivity index is 2.56. The molecule has 0 aliphatic heterocycles. The van der Waals surface area contributed by atoms with E-state index in [1.165, 1.54) is 12.0 Å². The van der Waals surface area contributed by atoms with Crippen LogP contribution in [0.3, 0.4) is 0 Å². The summed E-state index contributed by atoms with van der Waals surface area (Å²) in [6.07, 6.45) is 2.37. The number of hydrogen-bond acceptors (Lipinski definition) is 1. The summed E-state index contributed by atoms with van der Waals surface area (Å²) >= 11 is 5.94. The Morgan fingerprint density at radius 3 is 2.21 bits per heavy atom. The van der Waals surface area contributed by atoms with Crippen LogP contribution in [0.4, 0.5) is 0 Å². The van der Waals surface area contributed by atoms with E-state index >= 15 is 0 Å². The first-order valence-corrected chi connectivity index (χ1v) is 7.85. The lowest BCUT2D eigenvalue weighted by atomic mass is 9.86. The van der Waals surface area contributed by atoms with E-state index in [4.69, 9.17) is 11.6 Å². The van der Waals surface area contributed by atoms with Crippen molar-refractivity contribution in [2.75, 3.05) is 13.1 Å². The van der Waals surface area contributed by atoms with Crippen molar-refractivity contribution in [3.8, 4) is 0 Å². The lowest BCUT2D eigenvalue weighted by Crippen LogP contribution is -2.31. The van der Waals surface area contributed by atoms with Crippen LogP contribution in [0.25, 0.3) is 0 Å². The smallest absolute Gasteiger partial charge is 0.0406 e. The zero-order chi connectivity index (χ0) is 14.3. The largest absolute Gasteiger partial charge is 0.316 e. The summed E-state index contributed by atoms with van der Waals surface area (Å²) in [5.41, 5.74) is 1.39. The molecule has 0 radical (unpaired) electrons. The normalized spacial score (nSPS) is 14.6. The van der Waals surface area contributed by atoms with Gasteiger partial charge in [-0.25, -0.2) is 0 Å². The number of halogens is 1. The van der Waals surface area contributed by atoms with Crippen LogP contribution in [-0.2, 0) is 6.42 Å². The van der Waals surface area contributed by atoms with E-state index < -0.39 is 0 Å². The van der Waals surface area contributed by atoms with Crippen molar-refractivity contribution in [2.45, 2.75) is 40.5 Å². The number of rotatable bonds is 8. The molecule has 0 fully saturated rings. The van der Waals surface area contributed by atoms with Gasteiger partial charge in [-0.1, -0.05) is 57.8 Å². The van der Waals surface area contributed by atoms with Crippen LogP contribution in [-0.4, -0.2) is 13.1 Å². The molecule has 0 saturated carbocycles. The summed E-state index contributed by atoms with van der Waals surface area (Å²) in [6, 6.07) is 8.29. The van der Waals surface area contributed by atoms with E-state index in [2.05, 4.69) is 45.1 Å². The highest BCUT2D eigenvalue weighted by Gasteiger charge is 2.16. The highest BCUT2D eigenvalue weighted by molar-refractivity contribution is 6.30. The van der Waals surface area contributed by atoms with Gasteiger partial charge in [0.05, 0.1) is 0 Å². The predicted molar refractivity (Wildman–Crippen MR) is 85.8 cm³/mol. The fourth-order valence-electron chi connectivity index (χ4n) is 2.29. The Bertz CT molecular complexity index is 345. The van der Waals surface area contributed by atoms with Crippen LogP contribution < -0.4 is 5.32 Å². The average molecular weight is 282 g/mol. The maximum absolute atomic E-state index is 5.94. The molecule has 0 saturated heterocycles. The standard InChI is InChI=1S/C17H28ClN/c1-5-14(4)16(12-19-11-13(2)3)10-15-6-8-17(18)9-7-15/h6-9,13-14,16,19H,5,10-12H2,1-4H3. The summed E-state index contributed by atoms with van der Waals surface area (Å²) < 4.78 is 0. The molecule has 1 rings (SSSR count). The van der Waals surface area contributed by atoms with E-state index in [-0.39, 0.29) is 0 Å². The fraction of sp³-hybridized carbons (Fsp3) is 0.647. The van der Waals surface area contributed by atoms with Gasteiger partial charge in [0.2, 0.25) is 0 Å². The molecule has 108 valence electrons. The highest BCUT2D eigenvalue weighted by atomic mass is 35.5. The lowest BCUT2D eigenvalue weighted by molar-refractivity contribution is 0.324. The van der Waals surface area contributed by atoms with E-state index in [0.29, 0.717) is 11.8 Å². The summed E-state index contributed by atoms with van der Waals surface area (Å²) in [5, 5.41) is 4.43. The number of hydrogen-bond donors (Lipinski definition) is 1. The molecule has 0 bridgehead atoms. The summed E-state index contributed by atoms with van der Waals surface area (Å²) in [5.74, 6) is 2.16. The van der Waals surface area contributed by atoms with Crippen LogP contribution in [0.5, 0.6) is 0 Å². The molecule has 0 amide bonds. The van der Waals surface area contributed by atoms with Crippen LogP contribution in [0, 0.1) is 17.8 Å². The molecule has 2 atom stereocenters. The van der Waals surface area contributed by atoms with Gasteiger partial charge in [-0.3, -0.25) is 0 Å². The van der Waals surface area contributed by atoms with Crippen molar-refractivity contribution < 1.29 is 0 Å². The Morgan fingerprint density at radius 2 is 1.68 bits per heavy atom. The zero-order valence-electron chi connectivity index (χ0n) is 12.7. The maximum atomic E-state index is 5.94. The third-order valence-electron chi connectivity index (χ3n) is 3.82. The van der Waals surface area contributed by atoms with Gasteiger partial charge in [-0.05, 0) is 55.0 Å². The fourth-order valence-corrected chi connectivity index (χ4v) is 2.41. The molecule has 0 aliphatic rings. The van der Waals surface area contributed by atoms with Crippen molar-refractivity contribution in [1.82, 2.24) is 5.32 Å². The molecule has 0 heterocycles. The maximum Gasteiger partial charge on any atom is 0.0406 e. The number of benzene rings is 1. The lowest BCUT2D eigenvalue weighted by Gasteiger charge is -2.24. The predicted octanol–water partition coefficient (Wildman–Crippen LogP) is 4.79. The molecular weight excluding hydrogens is 254 g/mol. The second-order valence-corrected chi connectivity index (χ2v) is 6.46. The first kappa shape index (κ1) is 16.5. The molecule has 19 heavy (non-hydrogen) atoms. The van der Waals surface area contributed by atoms with Crippen molar-refractivity contribution in [3.05, 3.63) is 34.9 Å². The van der Waals surface area contributed by atoms with E-state index in [1.54, 1.807) is 0 Å². The minimum Gasteiger partial charge on any atom is -0.316 e. The van der Waals surface area contributed by atoms with Gasteiger partial charge in [-0.15, -0.1) is 0 Å². The quantitative estimate of drug-likeness (QED) is 0.722. The Hall–Kier alpha value is -0.530. The first-order chi connectivity index (χ1) is 9.02. The van der Waals surface area contributed by atoms with E-state index in [9.17, 15) is 0 Å². The highest BCUT2D eigenvalue weighted by Crippen LogP contribution is 2.21. The molecule has 2 heteroatoms. The monoisotopic (exact) mass is 281 g/mol. The van der Waals surface area contributed by atoms with Gasteiger partial charge in [-0.2, -0.15) is 0 Å². The molecule has 1 nitrogen and oxygen atoms in total. The van der Waals surface area contributed by atoms with Crippen LogP contribution in [0.2, 0.25) is 5.02 Å². The van der Waals surface area contributed by atoms with Crippen LogP contribution in [0.15, 0.2) is 24.3 Å². The second kappa shape index (κ2) is 8.60. The van der Waals surface area contributed by atoms with Crippen LogP contribution >= 0.6 is 11.6 Å². The molecule has 2 unspecified atom stereocenters. The van der Waals surface area contributed by atoms with Crippen molar-refractivity contribution in [1.29, 1.82) is 0 Å². The van der Waals surface area contributed by atoms with Gasteiger partial charge >= 0.3 is 0 Å². The second-order valence-electron chi connectivity index (χ2n) is 6.03. The Labute approximate surface area is 123 Å². The Kier molecular flexibility index (Phi) is 7.48. The third-order valence-corrected chi connectivity index (χ3v) is 4.07.